The standard InChI is InChI=1S/C26H39NO5/c1-24(2)12-7-20-25(3,19(24)11-16-30-18-9-14-27-15-10-18)13-8-21-26(20,4)17-31-23(32-21)6-5-22(28)29/h9-10,14-15,19-21,23H,5-8,11-13,16-17H2,1-4H3,(H,28,29)/t19-,20?,21-,23-,25+,26+/m1/s1. The van der Waals surface area contributed by atoms with Crippen LogP contribution in [0.25, 0.3) is 0 Å². The molecule has 6 nitrogen and oxygen atoms in total. The number of carboxylic acid groups (broad SMARTS) is 1. The van der Waals surface area contributed by atoms with Gasteiger partial charge in [-0.15, -0.1) is 0 Å². The van der Waals surface area contributed by atoms with Gasteiger partial charge in [-0.3, -0.25) is 9.78 Å². The zero-order valence-electron chi connectivity index (χ0n) is 20.0. The summed E-state index contributed by atoms with van der Waals surface area (Å²) in [4.78, 5) is 15.0. The fourth-order valence-corrected chi connectivity index (χ4v) is 7.34. The molecule has 0 aromatic carbocycles. The molecule has 3 aliphatic rings. The van der Waals surface area contributed by atoms with Crippen molar-refractivity contribution in [2.45, 2.75) is 85.0 Å². The van der Waals surface area contributed by atoms with Crippen molar-refractivity contribution in [2.75, 3.05) is 13.2 Å². The van der Waals surface area contributed by atoms with E-state index in [1.807, 2.05) is 12.1 Å². The molecule has 0 spiro atoms. The van der Waals surface area contributed by atoms with Crippen LogP contribution in [0.15, 0.2) is 24.5 Å². The largest absolute Gasteiger partial charge is 0.493 e. The molecule has 1 aromatic heterocycles. The van der Waals surface area contributed by atoms with Gasteiger partial charge in [0.15, 0.2) is 6.29 Å². The molecule has 0 bridgehead atoms. The molecule has 1 saturated heterocycles. The topological polar surface area (TPSA) is 77.9 Å². The molecule has 2 aliphatic carbocycles. The van der Waals surface area contributed by atoms with Crippen LogP contribution in [0.5, 0.6) is 5.75 Å². The van der Waals surface area contributed by atoms with Gasteiger partial charge in [0.1, 0.15) is 5.75 Å². The van der Waals surface area contributed by atoms with Crippen molar-refractivity contribution in [1.29, 1.82) is 0 Å². The highest BCUT2D eigenvalue weighted by Gasteiger charge is 2.62. The molecule has 6 atom stereocenters. The zero-order valence-corrected chi connectivity index (χ0v) is 20.0. The monoisotopic (exact) mass is 445 g/mol. The smallest absolute Gasteiger partial charge is 0.303 e. The summed E-state index contributed by atoms with van der Waals surface area (Å²) < 4.78 is 18.5. The van der Waals surface area contributed by atoms with Gasteiger partial charge in [0.25, 0.3) is 0 Å². The minimum absolute atomic E-state index is 0.0343. The predicted octanol–water partition coefficient (Wildman–Crippen LogP) is 5.32. The van der Waals surface area contributed by atoms with Crippen LogP contribution in [0.1, 0.15) is 72.6 Å². The number of rotatable bonds is 7. The molecule has 4 rings (SSSR count). The normalized spacial score (nSPS) is 38.4. The SMILES string of the molecule is CC1(C)CCC2[C@]3(C)CO[C@@H](CCC(=O)O)O[C@@H]3CC[C@@]2(C)[C@@H]1CCOc1ccncc1. The minimum Gasteiger partial charge on any atom is -0.493 e. The Bertz CT molecular complexity index is 799. The second-order valence-electron chi connectivity index (χ2n) is 11.3. The van der Waals surface area contributed by atoms with Crippen LogP contribution in [0.3, 0.4) is 0 Å². The third-order valence-corrected chi connectivity index (χ3v) is 8.90. The maximum Gasteiger partial charge on any atom is 0.303 e. The maximum absolute atomic E-state index is 11.0. The lowest BCUT2D eigenvalue weighted by Gasteiger charge is -2.65. The van der Waals surface area contributed by atoms with Crippen LogP contribution >= 0.6 is 0 Å². The Balaban J connectivity index is 1.47. The van der Waals surface area contributed by atoms with E-state index < -0.39 is 12.3 Å². The van der Waals surface area contributed by atoms with Crippen molar-refractivity contribution in [3.8, 4) is 5.75 Å². The molecule has 178 valence electrons. The Morgan fingerprint density at radius 3 is 2.59 bits per heavy atom. The number of hydrogen-bond donors (Lipinski definition) is 1. The van der Waals surface area contributed by atoms with Gasteiger partial charge in [0.2, 0.25) is 0 Å². The van der Waals surface area contributed by atoms with Gasteiger partial charge in [0, 0.05) is 24.2 Å². The van der Waals surface area contributed by atoms with E-state index in [2.05, 4.69) is 32.7 Å². The van der Waals surface area contributed by atoms with E-state index in [1.54, 1.807) is 12.4 Å². The van der Waals surface area contributed by atoms with Crippen molar-refractivity contribution in [3.05, 3.63) is 24.5 Å². The molecule has 1 N–H and O–H groups in total. The van der Waals surface area contributed by atoms with Crippen LogP contribution in [0.2, 0.25) is 0 Å². The van der Waals surface area contributed by atoms with Gasteiger partial charge >= 0.3 is 5.97 Å². The van der Waals surface area contributed by atoms with Crippen LogP contribution in [0, 0.1) is 28.1 Å². The molecule has 0 amide bonds. The van der Waals surface area contributed by atoms with Crippen LogP contribution in [-0.4, -0.2) is 41.7 Å². The number of ether oxygens (including phenoxy) is 3. The first kappa shape index (κ1) is 23.5. The molecule has 1 aliphatic heterocycles. The molecule has 2 heterocycles. The predicted molar refractivity (Wildman–Crippen MR) is 121 cm³/mol. The van der Waals surface area contributed by atoms with E-state index in [0.717, 1.165) is 25.0 Å². The average Bonchev–Trinajstić information content (AvgIpc) is 2.74. The van der Waals surface area contributed by atoms with E-state index >= 15 is 0 Å². The third kappa shape index (κ3) is 4.41. The first-order valence-corrected chi connectivity index (χ1v) is 12.2. The molecule has 32 heavy (non-hydrogen) atoms. The summed E-state index contributed by atoms with van der Waals surface area (Å²) in [6.45, 7) is 11.1. The Hall–Kier alpha value is -1.66. The Morgan fingerprint density at radius 2 is 1.88 bits per heavy atom. The molecular formula is C26H39NO5. The number of carboxylic acids is 1. The molecule has 2 saturated carbocycles. The lowest BCUT2D eigenvalue weighted by atomic mass is 9.42. The third-order valence-electron chi connectivity index (χ3n) is 8.90. The first-order chi connectivity index (χ1) is 15.1. The summed E-state index contributed by atoms with van der Waals surface area (Å²) in [5.74, 6) is 1.16. The highest BCUT2D eigenvalue weighted by atomic mass is 16.7. The van der Waals surface area contributed by atoms with E-state index in [0.29, 0.717) is 31.5 Å². The quantitative estimate of drug-likeness (QED) is 0.612. The van der Waals surface area contributed by atoms with Crippen LogP contribution in [0.4, 0.5) is 0 Å². The van der Waals surface area contributed by atoms with Crippen molar-refractivity contribution < 1.29 is 24.1 Å². The van der Waals surface area contributed by atoms with Crippen LogP contribution < -0.4 is 4.74 Å². The Labute approximate surface area is 192 Å². The van der Waals surface area contributed by atoms with Gasteiger partial charge in [0.05, 0.1) is 25.7 Å². The summed E-state index contributed by atoms with van der Waals surface area (Å²) in [5.41, 5.74) is 0.430. The summed E-state index contributed by atoms with van der Waals surface area (Å²) >= 11 is 0. The van der Waals surface area contributed by atoms with Crippen LogP contribution in [-0.2, 0) is 14.3 Å². The van der Waals surface area contributed by atoms with E-state index in [4.69, 9.17) is 19.3 Å². The van der Waals surface area contributed by atoms with Gasteiger partial charge in [-0.25, -0.2) is 0 Å². The number of fused-ring (bicyclic) bond motifs is 3. The molecule has 3 fully saturated rings. The lowest BCUT2D eigenvalue weighted by molar-refractivity contribution is -0.311. The van der Waals surface area contributed by atoms with E-state index in [9.17, 15) is 4.79 Å². The fourth-order valence-electron chi connectivity index (χ4n) is 7.34. The molecular weight excluding hydrogens is 406 g/mol. The zero-order chi connectivity index (χ0) is 23.0. The summed E-state index contributed by atoms with van der Waals surface area (Å²) in [5, 5.41) is 9.01. The molecule has 1 aromatic rings. The van der Waals surface area contributed by atoms with E-state index in [1.165, 1.54) is 12.8 Å². The number of pyridine rings is 1. The summed E-state index contributed by atoms with van der Waals surface area (Å²) in [7, 11) is 0. The van der Waals surface area contributed by atoms with Crippen molar-refractivity contribution in [2.24, 2.45) is 28.1 Å². The van der Waals surface area contributed by atoms with Crippen molar-refractivity contribution in [1.82, 2.24) is 4.98 Å². The number of nitrogens with zero attached hydrogens (tertiary/aromatic N) is 1. The van der Waals surface area contributed by atoms with Gasteiger partial charge in [-0.2, -0.15) is 0 Å². The Morgan fingerprint density at radius 1 is 1.12 bits per heavy atom. The van der Waals surface area contributed by atoms with Crippen molar-refractivity contribution >= 4 is 5.97 Å². The lowest BCUT2D eigenvalue weighted by Crippen LogP contribution is -2.63. The second-order valence-corrected chi connectivity index (χ2v) is 11.3. The van der Waals surface area contributed by atoms with Gasteiger partial charge in [-0.05, 0) is 66.9 Å². The maximum atomic E-state index is 11.0. The molecule has 6 heteroatoms. The Kier molecular flexibility index (Phi) is 6.56. The number of hydrogen-bond acceptors (Lipinski definition) is 5. The van der Waals surface area contributed by atoms with Crippen molar-refractivity contribution in [3.63, 3.8) is 0 Å². The first-order valence-electron chi connectivity index (χ1n) is 12.2. The summed E-state index contributed by atoms with van der Waals surface area (Å²) in [6.07, 6.45) is 9.35. The number of aliphatic carboxylic acids is 1. The highest BCUT2D eigenvalue weighted by molar-refractivity contribution is 5.66. The van der Waals surface area contributed by atoms with E-state index in [-0.39, 0.29) is 28.8 Å². The second kappa shape index (κ2) is 8.94. The average molecular weight is 446 g/mol. The minimum atomic E-state index is -0.798. The fraction of sp³-hybridized carbons (Fsp3) is 0.769. The van der Waals surface area contributed by atoms with Gasteiger partial charge in [-0.1, -0.05) is 27.7 Å². The van der Waals surface area contributed by atoms with Gasteiger partial charge < -0.3 is 19.3 Å². The number of carbonyl (C=O) groups is 1. The summed E-state index contributed by atoms with van der Waals surface area (Å²) in [6, 6.07) is 3.83. The number of aromatic nitrogens is 1. The highest BCUT2D eigenvalue weighted by Crippen LogP contribution is 2.66. The molecule has 0 radical (unpaired) electrons. The molecule has 1 unspecified atom stereocenters.